The fraction of sp³-hybridized carbons (Fsp3) is 0.0909. The summed E-state index contributed by atoms with van der Waals surface area (Å²) in [5.74, 6) is -0.475. The van der Waals surface area contributed by atoms with E-state index in [1.165, 1.54) is 0 Å². The van der Waals surface area contributed by atoms with Crippen molar-refractivity contribution in [2.24, 2.45) is 0 Å². The maximum absolute atomic E-state index is 11.8. The number of nitrogens with zero attached hydrogens (tertiary/aromatic N) is 2. The molecular weight excluding hydrogens is 290 g/mol. The molecule has 0 fully saturated rings. The van der Waals surface area contributed by atoms with Crippen molar-refractivity contribution in [2.45, 2.75) is 5.38 Å². The fourth-order valence-corrected chi connectivity index (χ4v) is 2.19. The van der Waals surface area contributed by atoms with E-state index in [1.807, 2.05) is 6.07 Å². The molecule has 1 amide bonds. The Kier molecular flexibility index (Phi) is 4.08. The number of anilines is 1. The molecule has 1 aromatic carbocycles. The van der Waals surface area contributed by atoms with Gasteiger partial charge in [-0.05, 0) is 16.9 Å². The standard InChI is InChI=1S/C11H8ClN3O3S/c12-9(7-4-2-1-3-5-7)10(16)14-11-13-6-8(19-11)15(17)18/h1-6,9H,(H,13,14,16). The molecule has 0 saturated carbocycles. The smallest absolute Gasteiger partial charge is 0.300 e. The van der Waals surface area contributed by atoms with Gasteiger partial charge in [0.1, 0.15) is 11.6 Å². The van der Waals surface area contributed by atoms with Crippen LogP contribution >= 0.6 is 22.9 Å². The number of amides is 1. The molecular formula is C11H8ClN3O3S. The number of nitrogens with one attached hydrogen (secondary N) is 1. The Morgan fingerprint density at radius 3 is 2.68 bits per heavy atom. The van der Waals surface area contributed by atoms with Crippen LogP contribution in [0, 0.1) is 10.1 Å². The highest BCUT2D eigenvalue weighted by Crippen LogP contribution is 2.27. The highest BCUT2D eigenvalue weighted by Gasteiger charge is 2.20. The first-order chi connectivity index (χ1) is 9.08. The quantitative estimate of drug-likeness (QED) is 0.534. The van der Waals surface area contributed by atoms with Crippen molar-refractivity contribution in [3.63, 3.8) is 0 Å². The van der Waals surface area contributed by atoms with E-state index in [9.17, 15) is 14.9 Å². The molecule has 1 N–H and O–H groups in total. The van der Waals surface area contributed by atoms with Gasteiger partial charge in [0.25, 0.3) is 0 Å². The van der Waals surface area contributed by atoms with Crippen LogP contribution in [0.5, 0.6) is 0 Å². The van der Waals surface area contributed by atoms with E-state index >= 15 is 0 Å². The Morgan fingerprint density at radius 2 is 2.11 bits per heavy atom. The van der Waals surface area contributed by atoms with Crippen molar-refractivity contribution in [1.29, 1.82) is 0 Å². The molecule has 8 heteroatoms. The van der Waals surface area contributed by atoms with E-state index < -0.39 is 16.2 Å². The minimum Gasteiger partial charge on any atom is -0.300 e. The number of thiazole rings is 1. The van der Waals surface area contributed by atoms with Gasteiger partial charge < -0.3 is 5.32 Å². The largest absolute Gasteiger partial charge is 0.345 e. The fourth-order valence-electron chi connectivity index (χ4n) is 1.35. The zero-order valence-corrected chi connectivity index (χ0v) is 11.0. The van der Waals surface area contributed by atoms with Crippen molar-refractivity contribution in [2.75, 3.05) is 5.32 Å². The van der Waals surface area contributed by atoms with E-state index in [4.69, 9.17) is 11.6 Å². The number of aromatic nitrogens is 1. The Hall–Kier alpha value is -1.99. The molecule has 0 aliphatic rings. The Balaban J connectivity index is 2.06. The van der Waals surface area contributed by atoms with Crippen molar-refractivity contribution in [3.05, 3.63) is 52.2 Å². The van der Waals surface area contributed by atoms with Gasteiger partial charge in [0.15, 0.2) is 5.13 Å². The first-order valence-electron chi connectivity index (χ1n) is 5.18. The lowest BCUT2D eigenvalue weighted by Gasteiger charge is -2.08. The number of rotatable bonds is 4. The number of halogens is 1. The Labute approximate surface area is 117 Å². The molecule has 0 aliphatic carbocycles. The second-order valence-corrected chi connectivity index (χ2v) is 4.97. The molecule has 1 aromatic heterocycles. The zero-order valence-electron chi connectivity index (χ0n) is 9.45. The monoisotopic (exact) mass is 297 g/mol. The lowest BCUT2D eigenvalue weighted by molar-refractivity contribution is -0.380. The van der Waals surface area contributed by atoms with Gasteiger partial charge in [0.05, 0.1) is 4.92 Å². The average molecular weight is 298 g/mol. The average Bonchev–Trinajstić information content (AvgIpc) is 2.87. The van der Waals surface area contributed by atoms with Crippen LogP contribution in [0.15, 0.2) is 36.5 Å². The first kappa shape index (κ1) is 13.4. The lowest BCUT2D eigenvalue weighted by Crippen LogP contribution is -2.17. The predicted molar refractivity (Wildman–Crippen MR) is 72.4 cm³/mol. The summed E-state index contributed by atoms with van der Waals surface area (Å²) in [6, 6.07) is 8.80. The van der Waals surface area contributed by atoms with Crippen LogP contribution in [0.1, 0.15) is 10.9 Å². The van der Waals surface area contributed by atoms with Crippen molar-refractivity contribution >= 4 is 39.0 Å². The van der Waals surface area contributed by atoms with E-state index in [2.05, 4.69) is 10.3 Å². The summed E-state index contributed by atoms with van der Waals surface area (Å²) in [5, 5.41) is 12.1. The van der Waals surface area contributed by atoms with Crippen LogP contribution in [-0.2, 0) is 4.79 Å². The number of nitro groups is 1. The number of carbonyl (C=O) groups excluding carboxylic acids is 1. The second kappa shape index (κ2) is 5.77. The molecule has 98 valence electrons. The van der Waals surface area contributed by atoms with Crippen LogP contribution in [0.4, 0.5) is 10.1 Å². The Bertz CT molecular complexity index is 602. The predicted octanol–water partition coefficient (Wildman–Crippen LogP) is 2.97. The molecule has 6 nitrogen and oxygen atoms in total. The lowest BCUT2D eigenvalue weighted by atomic mass is 10.1. The van der Waals surface area contributed by atoms with Gasteiger partial charge in [-0.25, -0.2) is 4.98 Å². The van der Waals surface area contributed by atoms with Gasteiger partial charge >= 0.3 is 5.00 Å². The van der Waals surface area contributed by atoms with Crippen molar-refractivity contribution < 1.29 is 9.72 Å². The third-order valence-corrected chi connectivity index (χ3v) is 3.54. The van der Waals surface area contributed by atoms with Gasteiger partial charge in [-0.2, -0.15) is 0 Å². The van der Waals surface area contributed by atoms with Gasteiger partial charge in [-0.1, -0.05) is 30.3 Å². The topological polar surface area (TPSA) is 85.1 Å². The summed E-state index contributed by atoms with van der Waals surface area (Å²) in [5.41, 5.74) is 0.646. The molecule has 2 rings (SSSR count). The van der Waals surface area contributed by atoms with Crippen LogP contribution < -0.4 is 5.32 Å². The number of alkyl halides is 1. The second-order valence-electron chi connectivity index (χ2n) is 3.52. The number of benzene rings is 1. The minimum absolute atomic E-state index is 0.138. The summed E-state index contributed by atoms with van der Waals surface area (Å²) >= 11 is 6.79. The van der Waals surface area contributed by atoms with E-state index in [0.29, 0.717) is 5.56 Å². The molecule has 0 saturated heterocycles. The summed E-state index contributed by atoms with van der Waals surface area (Å²) in [4.78, 5) is 25.5. The molecule has 1 unspecified atom stereocenters. The highest BCUT2D eigenvalue weighted by atomic mass is 35.5. The molecule has 0 radical (unpaired) electrons. The summed E-state index contributed by atoms with van der Waals surface area (Å²) in [7, 11) is 0. The molecule has 0 spiro atoms. The molecule has 0 bridgehead atoms. The van der Waals surface area contributed by atoms with E-state index in [0.717, 1.165) is 17.5 Å². The SMILES string of the molecule is O=C(Nc1ncc([N+](=O)[O-])s1)C(Cl)c1ccccc1. The molecule has 2 aromatic rings. The van der Waals surface area contributed by atoms with Crippen molar-refractivity contribution in [1.82, 2.24) is 4.98 Å². The van der Waals surface area contributed by atoms with Crippen molar-refractivity contribution in [3.8, 4) is 0 Å². The normalized spacial score (nSPS) is 11.8. The van der Waals surface area contributed by atoms with E-state index in [1.54, 1.807) is 24.3 Å². The molecule has 0 aliphatic heterocycles. The Morgan fingerprint density at radius 1 is 1.42 bits per heavy atom. The van der Waals surface area contributed by atoms with Gasteiger partial charge in [-0.15, -0.1) is 11.6 Å². The minimum atomic E-state index is -0.871. The molecule has 19 heavy (non-hydrogen) atoms. The number of hydrogen-bond donors (Lipinski definition) is 1. The maximum atomic E-state index is 11.8. The van der Waals surface area contributed by atoms with Crippen LogP contribution in [-0.4, -0.2) is 15.8 Å². The molecule has 1 heterocycles. The van der Waals surface area contributed by atoms with Crippen LogP contribution in [0.25, 0.3) is 0 Å². The van der Waals surface area contributed by atoms with Crippen LogP contribution in [0.2, 0.25) is 0 Å². The molecule has 1 atom stereocenters. The first-order valence-corrected chi connectivity index (χ1v) is 6.43. The van der Waals surface area contributed by atoms with Crippen LogP contribution in [0.3, 0.4) is 0 Å². The third kappa shape index (κ3) is 3.27. The van der Waals surface area contributed by atoms with Gasteiger partial charge in [0, 0.05) is 0 Å². The van der Waals surface area contributed by atoms with E-state index in [-0.39, 0.29) is 10.1 Å². The van der Waals surface area contributed by atoms with Gasteiger partial charge in [0.2, 0.25) is 5.91 Å². The number of hydrogen-bond acceptors (Lipinski definition) is 5. The number of carbonyl (C=O) groups is 1. The zero-order chi connectivity index (χ0) is 13.8. The van der Waals surface area contributed by atoms with Gasteiger partial charge in [-0.3, -0.25) is 14.9 Å². The summed E-state index contributed by atoms with van der Waals surface area (Å²) < 4.78 is 0. The summed E-state index contributed by atoms with van der Waals surface area (Å²) in [6.07, 6.45) is 1.09. The third-order valence-electron chi connectivity index (χ3n) is 2.23. The maximum Gasteiger partial charge on any atom is 0.345 e. The summed E-state index contributed by atoms with van der Waals surface area (Å²) in [6.45, 7) is 0. The highest BCUT2D eigenvalue weighted by molar-refractivity contribution is 7.18.